The van der Waals surface area contributed by atoms with Gasteiger partial charge in [-0.2, -0.15) is 13.2 Å². The molecular formula is C18H13F3N4O. The van der Waals surface area contributed by atoms with Crippen molar-refractivity contribution in [2.45, 2.75) is 12.6 Å². The summed E-state index contributed by atoms with van der Waals surface area (Å²) in [5.74, 6) is -1.32. The zero-order valence-electron chi connectivity index (χ0n) is 13.3. The summed E-state index contributed by atoms with van der Waals surface area (Å²) in [6.07, 6.45) is -2.62. The molecule has 0 aliphatic heterocycles. The van der Waals surface area contributed by atoms with E-state index < -0.39 is 12.0 Å². The molecule has 26 heavy (non-hydrogen) atoms. The maximum Gasteiger partial charge on any atom is 0.449 e. The Hall–Kier alpha value is -3.29. The van der Waals surface area contributed by atoms with Crippen molar-refractivity contribution in [3.8, 4) is 0 Å². The molecule has 0 aliphatic carbocycles. The highest BCUT2D eigenvalue weighted by atomic mass is 19.4. The number of aromatic nitrogens is 3. The first-order chi connectivity index (χ1) is 12.4. The lowest BCUT2D eigenvalue weighted by Gasteiger charge is -2.05. The van der Waals surface area contributed by atoms with Gasteiger partial charge in [0.2, 0.25) is 11.7 Å². The molecule has 4 aromatic rings. The summed E-state index contributed by atoms with van der Waals surface area (Å²) in [6.45, 7) is 0. The molecule has 0 saturated heterocycles. The lowest BCUT2D eigenvalue weighted by atomic mass is 10.1. The summed E-state index contributed by atoms with van der Waals surface area (Å²) in [5.41, 5.74) is 2.59. The molecule has 132 valence electrons. The molecule has 0 saturated carbocycles. The fraction of sp³-hybridized carbons (Fsp3) is 0.111. The zero-order chi connectivity index (χ0) is 18.3. The summed E-state index contributed by atoms with van der Waals surface area (Å²) in [7, 11) is 0. The molecular weight excluding hydrogens is 345 g/mol. The number of carbonyl (C=O) groups is 1. The van der Waals surface area contributed by atoms with Gasteiger partial charge in [0.05, 0.1) is 17.5 Å². The van der Waals surface area contributed by atoms with Gasteiger partial charge in [-0.3, -0.25) is 4.79 Å². The number of fused-ring (bicyclic) bond motifs is 2. The van der Waals surface area contributed by atoms with Gasteiger partial charge in [-0.15, -0.1) is 0 Å². The van der Waals surface area contributed by atoms with E-state index in [9.17, 15) is 18.0 Å². The highest BCUT2D eigenvalue weighted by Gasteiger charge is 2.34. The van der Waals surface area contributed by atoms with Crippen molar-refractivity contribution in [1.82, 2.24) is 15.0 Å². The number of nitrogens with zero attached hydrogens (tertiary/aromatic N) is 1. The van der Waals surface area contributed by atoms with Crippen LogP contribution in [0.2, 0.25) is 0 Å². The normalized spacial score (nSPS) is 12.0. The molecule has 1 amide bonds. The van der Waals surface area contributed by atoms with Crippen LogP contribution < -0.4 is 5.32 Å². The van der Waals surface area contributed by atoms with Gasteiger partial charge in [-0.1, -0.05) is 18.2 Å². The van der Waals surface area contributed by atoms with Crippen molar-refractivity contribution in [3.63, 3.8) is 0 Å². The van der Waals surface area contributed by atoms with Crippen LogP contribution in [0.25, 0.3) is 21.9 Å². The standard InChI is InChI=1S/C18H13F3N4O/c19-18(20,21)17-24-14-6-5-11(8-15(14)25-17)23-16(26)7-10-9-22-13-4-2-1-3-12(10)13/h1-6,8-9,22H,7H2,(H,23,26)(H,24,25). The predicted octanol–water partition coefficient (Wildman–Crippen LogP) is 4.24. The summed E-state index contributed by atoms with van der Waals surface area (Å²) >= 11 is 0. The Balaban J connectivity index is 1.54. The molecule has 0 bridgehead atoms. The van der Waals surface area contributed by atoms with Gasteiger partial charge in [-0.05, 0) is 29.8 Å². The van der Waals surface area contributed by atoms with Crippen LogP contribution in [0.1, 0.15) is 11.4 Å². The molecule has 0 unspecified atom stereocenters. The maximum absolute atomic E-state index is 12.7. The van der Waals surface area contributed by atoms with Gasteiger partial charge in [0.15, 0.2) is 0 Å². The molecule has 4 rings (SSSR count). The quantitative estimate of drug-likeness (QED) is 0.512. The minimum absolute atomic E-state index is 0.152. The number of halogens is 3. The van der Waals surface area contributed by atoms with E-state index in [2.05, 4.69) is 20.3 Å². The number of amides is 1. The number of benzene rings is 2. The Morgan fingerprint density at radius 1 is 1.12 bits per heavy atom. The first kappa shape index (κ1) is 16.2. The monoisotopic (exact) mass is 358 g/mol. The minimum Gasteiger partial charge on any atom is -0.361 e. The number of imidazole rings is 1. The number of aromatic amines is 2. The average molecular weight is 358 g/mol. The maximum atomic E-state index is 12.7. The van der Waals surface area contributed by atoms with E-state index in [4.69, 9.17) is 0 Å². The number of rotatable bonds is 3. The van der Waals surface area contributed by atoms with Crippen molar-refractivity contribution in [2.75, 3.05) is 5.32 Å². The van der Waals surface area contributed by atoms with Gasteiger partial charge < -0.3 is 15.3 Å². The highest BCUT2D eigenvalue weighted by Crippen LogP contribution is 2.29. The van der Waals surface area contributed by atoms with Crippen molar-refractivity contribution in [3.05, 3.63) is 60.0 Å². The second kappa shape index (κ2) is 5.91. The summed E-state index contributed by atoms with van der Waals surface area (Å²) in [4.78, 5) is 21.1. The second-order valence-corrected chi connectivity index (χ2v) is 5.90. The van der Waals surface area contributed by atoms with Gasteiger partial charge in [0.25, 0.3) is 0 Å². The SMILES string of the molecule is O=C(Cc1c[nH]c2ccccc12)Nc1ccc2nc(C(F)(F)F)[nH]c2c1. The number of carbonyl (C=O) groups excluding carboxylic acids is 1. The van der Waals surface area contributed by atoms with E-state index in [0.717, 1.165) is 16.5 Å². The molecule has 0 spiro atoms. The highest BCUT2D eigenvalue weighted by molar-refractivity contribution is 5.97. The molecule has 2 aromatic carbocycles. The van der Waals surface area contributed by atoms with E-state index in [0.29, 0.717) is 5.69 Å². The van der Waals surface area contributed by atoms with Crippen molar-refractivity contribution < 1.29 is 18.0 Å². The van der Waals surface area contributed by atoms with Crippen LogP contribution in [-0.4, -0.2) is 20.9 Å². The number of hydrogen-bond acceptors (Lipinski definition) is 2. The summed E-state index contributed by atoms with van der Waals surface area (Å²) in [5, 5.41) is 3.66. The number of H-pyrrole nitrogens is 2. The van der Waals surface area contributed by atoms with Gasteiger partial charge in [0, 0.05) is 22.8 Å². The molecule has 5 nitrogen and oxygen atoms in total. The number of anilines is 1. The summed E-state index contributed by atoms with van der Waals surface area (Å²) < 4.78 is 38.1. The van der Waals surface area contributed by atoms with Crippen molar-refractivity contribution in [2.24, 2.45) is 0 Å². The van der Waals surface area contributed by atoms with Crippen LogP contribution in [0.4, 0.5) is 18.9 Å². The van der Waals surface area contributed by atoms with Crippen LogP contribution in [0, 0.1) is 0 Å². The van der Waals surface area contributed by atoms with E-state index in [-0.39, 0.29) is 23.4 Å². The summed E-state index contributed by atoms with van der Waals surface area (Å²) in [6, 6.07) is 12.0. The van der Waals surface area contributed by atoms with Gasteiger partial charge >= 0.3 is 6.18 Å². The third-order valence-electron chi connectivity index (χ3n) is 4.06. The van der Waals surface area contributed by atoms with Crippen molar-refractivity contribution in [1.29, 1.82) is 0 Å². The van der Waals surface area contributed by atoms with Crippen LogP contribution in [0.5, 0.6) is 0 Å². The molecule has 0 atom stereocenters. The van der Waals surface area contributed by atoms with Crippen LogP contribution >= 0.6 is 0 Å². The number of para-hydroxylation sites is 1. The Kier molecular flexibility index (Phi) is 3.68. The number of alkyl halides is 3. The molecule has 3 N–H and O–H groups in total. The molecule has 0 fully saturated rings. The lowest BCUT2D eigenvalue weighted by Crippen LogP contribution is -2.14. The fourth-order valence-electron chi connectivity index (χ4n) is 2.88. The Labute approximate surface area is 145 Å². The second-order valence-electron chi connectivity index (χ2n) is 5.90. The smallest absolute Gasteiger partial charge is 0.361 e. The fourth-order valence-corrected chi connectivity index (χ4v) is 2.88. The predicted molar refractivity (Wildman–Crippen MR) is 91.7 cm³/mol. The topological polar surface area (TPSA) is 73.6 Å². The molecule has 0 radical (unpaired) electrons. The largest absolute Gasteiger partial charge is 0.449 e. The Bertz CT molecular complexity index is 1110. The minimum atomic E-state index is -4.54. The zero-order valence-corrected chi connectivity index (χ0v) is 13.3. The third-order valence-corrected chi connectivity index (χ3v) is 4.06. The third kappa shape index (κ3) is 3.01. The molecule has 0 aliphatic rings. The van der Waals surface area contributed by atoms with E-state index in [1.165, 1.54) is 18.2 Å². The first-order valence-corrected chi connectivity index (χ1v) is 7.82. The van der Waals surface area contributed by atoms with Crippen LogP contribution in [0.3, 0.4) is 0 Å². The first-order valence-electron chi connectivity index (χ1n) is 7.82. The van der Waals surface area contributed by atoms with Crippen molar-refractivity contribution >= 4 is 33.5 Å². The van der Waals surface area contributed by atoms with Crippen LogP contribution in [-0.2, 0) is 17.4 Å². The lowest BCUT2D eigenvalue weighted by molar-refractivity contribution is -0.144. The number of nitrogens with one attached hydrogen (secondary N) is 3. The number of hydrogen-bond donors (Lipinski definition) is 3. The van der Waals surface area contributed by atoms with Gasteiger partial charge in [0.1, 0.15) is 0 Å². The van der Waals surface area contributed by atoms with E-state index >= 15 is 0 Å². The Morgan fingerprint density at radius 2 is 1.92 bits per heavy atom. The average Bonchev–Trinajstić information content (AvgIpc) is 3.19. The van der Waals surface area contributed by atoms with E-state index in [1.54, 1.807) is 6.20 Å². The van der Waals surface area contributed by atoms with E-state index in [1.807, 2.05) is 24.3 Å². The molecule has 2 heterocycles. The molecule has 8 heteroatoms. The molecule has 2 aromatic heterocycles. The van der Waals surface area contributed by atoms with Crippen LogP contribution in [0.15, 0.2) is 48.7 Å². The van der Waals surface area contributed by atoms with Gasteiger partial charge in [-0.25, -0.2) is 4.98 Å². The Morgan fingerprint density at radius 3 is 2.73 bits per heavy atom.